The number of piperazine rings is 1. The number of alkyl carbamates (subject to hydrolysis) is 1. The minimum absolute atomic E-state index is 0.101. The van der Waals surface area contributed by atoms with Gasteiger partial charge in [0.2, 0.25) is 5.91 Å². The highest BCUT2D eigenvalue weighted by Crippen LogP contribution is 2.44. The Kier molecular flexibility index (Phi) is 9.13. The molecule has 1 unspecified atom stereocenters. The number of carbonyl (C=O) groups excluding carboxylic acids is 2. The molecule has 5 aliphatic rings. The molecule has 0 aromatic carbocycles. The predicted molar refractivity (Wildman–Crippen MR) is 196 cm³/mol. The first kappa shape index (κ1) is 34.8. The molecule has 52 heavy (non-hydrogen) atoms. The Morgan fingerprint density at radius 1 is 1.00 bits per heavy atom. The third-order valence-electron chi connectivity index (χ3n) is 11.4. The molecule has 0 radical (unpaired) electrons. The summed E-state index contributed by atoms with van der Waals surface area (Å²) in [5.41, 5.74) is 2.73. The van der Waals surface area contributed by atoms with Crippen LogP contribution in [0, 0.1) is 5.41 Å². The van der Waals surface area contributed by atoms with Crippen LogP contribution in [0.2, 0.25) is 0 Å². The fourth-order valence-electron chi connectivity index (χ4n) is 8.45. The lowest BCUT2D eigenvalue weighted by Gasteiger charge is -2.42. The molecule has 5 aliphatic heterocycles. The van der Waals surface area contributed by atoms with E-state index in [0.717, 1.165) is 111 Å². The molecule has 3 aromatic heterocycles. The molecule has 4 fully saturated rings. The molecule has 0 bridgehead atoms. The van der Waals surface area contributed by atoms with Gasteiger partial charge in [-0.2, -0.15) is 0 Å². The van der Waals surface area contributed by atoms with Crippen molar-refractivity contribution in [2.45, 2.75) is 96.6 Å². The van der Waals surface area contributed by atoms with Crippen LogP contribution < -0.4 is 20.0 Å². The van der Waals surface area contributed by atoms with Gasteiger partial charge in [-0.15, -0.1) is 5.10 Å². The van der Waals surface area contributed by atoms with E-state index in [1.54, 1.807) is 4.90 Å². The first-order valence-electron chi connectivity index (χ1n) is 19.0. The van der Waals surface area contributed by atoms with E-state index in [2.05, 4.69) is 26.1 Å². The predicted octanol–water partition coefficient (Wildman–Crippen LogP) is 4.18. The van der Waals surface area contributed by atoms with Gasteiger partial charge in [-0.3, -0.25) is 4.79 Å². The minimum Gasteiger partial charge on any atom is -0.444 e. The number of hydrogen-bond donors (Lipinski definition) is 1. The number of anilines is 4. The second kappa shape index (κ2) is 13.6. The SMILES string of the molecule is C[C@@H]1OCC2(CCN(c3cnc4c(N5CCCc6nc(N7CCN(C)C(=O)C7)ccc65)nn(C5CCCCO5)c4n3)CC2)[C@@H]1NC(=O)OC(C)(C)C. The molecular weight excluding hydrogens is 664 g/mol. The highest BCUT2D eigenvalue weighted by Gasteiger charge is 2.50. The number of piperidine rings is 1. The van der Waals surface area contributed by atoms with Gasteiger partial charge in [-0.1, -0.05) is 0 Å². The summed E-state index contributed by atoms with van der Waals surface area (Å²) in [6.45, 7) is 13.0. The van der Waals surface area contributed by atoms with Gasteiger partial charge in [-0.25, -0.2) is 24.4 Å². The van der Waals surface area contributed by atoms with Crippen molar-refractivity contribution >= 4 is 46.3 Å². The van der Waals surface area contributed by atoms with Crippen molar-refractivity contribution in [3.05, 3.63) is 24.0 Å². The first-order valence-corrected chi connectivity index (χ1v) is 19.0. The summed E-state index contributed by atoms with van der Waals surface area (Å²) in [6.07, 6.45) is 7.59. The van der Waals surface area contributed by atoms with Crippen molar-refractivity contribution in [1.82, 2.24) is 34.9 Å². The molecule has 15 nitrogen and oxygen atoms in total. The van der Waals surface area contributed by atoms with Gasteiger partial charge in [0, 0.05) is 51.8 Å². The van der Waals surface area contributed by atoms with Crippen LogP contribution in [-0.2, 0) is 25.4 Å². The maximum Gasteiger partial charge on any atom is 0.407 e. The van der Waals surface area contributed by atoms with Gasteiger partial charge < -0.3 is 39.1 Å². The van der Waals surface area contributed by atoms with E-state index in [-0.39, 0.29) is 29.7 Å². The lowest BCUT2D eigenvalue weighted by molar-refractivity contribution is -0.129. The summed E-state index contributed by atoms with van der Waals surface area (Å²) >= 11 is 0. The molecule has 1 N–H and O–H groups in total. The number of pyridine rings is 1. The van der Waals surface area contributed by atoms with Crippen LogP contribution >= 0.6 is 0 Å². The molecule has 15 heteroatoms. The van der Waals surface area contributed by atoms with Crippen LogP contribution in [0.5, 0.6) is 0 Å². The van der Waals surface area contributed by atoms with Crippen molar-refractivity contribution in [3.63, 3.8) is 0 Å². The molecule has 8 heterocycles. The molecule has 2 amide bonds. The summed E-state index contributed by atoms with van der Waals surface area (Å²) in [5, 5.41) is 8.35. The maximum absolute atomic E-state index is 12.8. The summed E-state index contributed by atoms with van der Waals surface area (Å²) < 4.78 is 20.0. The summed E-state index contributed by atoms with van der Waals surface area (Å²) in [5.74, 6) is 2.52. The third-order valence-corrected chi connectivity index (χ3v) is 11.4. The number of aromatic nitrogens is 5. The van der Waals surface area contributed by atoms with E-state index in [1.165, 1.54) is 0 Å². The minimum atomic E-state index is -0.569. The second-order valence-corrected chi connectivity index (χ2v) is 16.1. The van der Waals surface area contributed by atoms with Crippen molar-refractivity contribution in [2.24, 2.45) is 5.41 Å². The Morgan fingerprint density at radius 2 is 1.83 bits per heavy atom. The molecule has 0 saturated carbocycles. The third kappa shape index (κ3) is 6.61. The van der Waals surface area contributed by atoms with Crippen molar-refractivity contribution < 1.29 is 23.8 Å². The standard InChI is InChI=1S/C37H52N10O5/c1-24-32(41-35(49)52-36(2,3)4)37(23-51-24)13-16-44(17-14-37)28-21-38-31-33(40-28)47(30-10-6-7-20-50-30)42-34(31)46-15-8-9-25-26(46)11-12-27(39-25)45-19-18-43(5)29(48)22-45/h11-12,21,24,30,32H,6-10,13-20,22-23H2,1-5H3,(H,41,49)/t24-,30?,32+/m0/s1. The zero-order valence-corrected chi connectivity index (χ0v) is 31.1. The number of nitrogens with zero attached hydrogens (tertiary/aromatic N) is 9. The molecule has 3 aromatic rings. The lowest BCUT2D eigenvalue weighted by atomic mass is 9.73. The number of fused-ring (bicyclic) bond motifs is 2. The topological polar surface area (TPSA) is 143 Å². The van der Waals surface area contributed by atoms with Crippen LogP contribution in [0.4, 0.5) is 27.9 Å². The average molecular weight is 717 g/mol. The molecular formula is C37H52N10O5. The Labute approximate surface area is 305 Å². The maximum atomic E-state index is 12.8. The normalized spacial score (nSPS) is 25.2. The largest absolute Gasteiger partial charge is 0.444 e. The van der Waals surface area contributed by atoms with Crippen molar-refractivity contribution in [1.29, 1.82) is 0 Å². The van der Waals surface area contributed by atoms with E-state index in [9.17, 15) is 9.59 Å². The lowest BCUT2D eigenvalue weighted by Crippen LogP contribution is -2.55. The van der Waals surface area contributed by atoms with Crippen LogP contribution in [0.25, 0.3) is 11.2 Å². The summed E-state index contributed by atoms with van der Waals surface area (Å²) in [6, 6.07) is 4.01. The number of aryl methyl sites for hydroxylation is 1. The van der Waals surface area contributed by atoms with E-state index < -0.39 is 11.7 Å². The molecule has 280 valence electrons. The Balaban J connectivity index is 1.06. The van der Waals surface area contributed by atoms with Gasteiger partial charge >= 0.3 is 6.09 Å². The van der Waals surface area contributed by atoms with Gasteiger partial charge in [0.05, 0.1) is 42.9 Å². The number of carbonyl (C=O) groups is 2. The van der Waals surface area contributed by atoms with Gasteiger partial charge in [0.25, 0.3) is 0 Å². The zero-order chi connectivity index (χ0) is 36.2. The molecule has 1 spiro atoms. The Morgan fingerprint density at radius 3 is 2.58 bits per heavy atom. The van der Waals surface area contributed by atoms with E-state index >= 15 is 0 Å². The summed E-state index contributed by atoms with van der Waals surface area (Å²) in [7, 11) is 1.85. The smallest absolute Gasteiger partial charge is 0.407 e. The Hall–Kier alpha value is -4.24. The van der Waals surface area contributed by atoms with E-state index in [4.69, 9.17) is 34.3 Å². The second-order valence-electron chi connectivity index (χ2n) is 16.1. The quantitative estimate of drug-likeness (QED) is 0.405. The number of nitrogens with one attached hydrogen (secondary N) is 1. The highest BCUT2D eigenvalue weighted by molar-refractivity contribution is 5.88. The summed E-state index contributed by atoms with van der Waals surface area (Å²) in [4.78, 5) is 49.0. The molecule has 3 atom stereocenters. The number of rotatable bonds is 5. The fourth-order valence-corrected chi connectivity index (χ4v) is 8.45. The molecule has 4 saturated heterocycles. The molecule has 0 aliphatic carbocycles. The van der Waals surface area contributed by atoms with E-state index in [1.807, 2.05) is 51.7 Å². The van der Waals surface area contributed by atoms with Crippen LogP contribution in [0.15, 0.2) is 18.3 Å². The molecule has 8 rings (SSSR count). The van der Waals surface area contributed by atoms with Crippen molar-refractivity contribution in [3.8, 4) is 0 Å². The van der Waals surface area contributed by atoms with Gasteiger partial charge in [0.15, 0.2) is 23.2 Å². The fraction of sp³-hybridized carbons (Fsp3) is 0.676. The number of ether oxygens (including phenoxy) is 3. The number of hydrogen-bond acceptors (Lipinski definition) is 12. The Bertz CT molecular complexity index is 1810. The average Bonchev–Trinajstić information content (AvgIpc) is 3.65. The highest BCUT2D eigenvalue weighted by atomic mass is 16.6. The van der Waals surface area contributed by atoms with Crippen LogP contribution in [-0.4, -0.2) is 119 Å². The zero-order valence-electron chi connectivity index (χ0n) is 31.1. The number of amides is 2. The first-order chi connectivity index (χ1) is 25.0. The monoisotopic (exact) mass is 716 g/mol. The van der Waals surface area contributed by atoms with Gasteiger partial charge in [0.1, 0.15) is 17.2 Å². The van der Waals surface area contributed by atoms with Crippen LogP contribution in [0.1, 0.15) is 78.1 Å². The van der Waals surface area contributed by atoms with Gasteiger partial charge in [-0.05, 0) is 84.8 Å². The van der Waals surface area contributed by atoms with Crippen LogP contribution in [0.3, 0.4) is 0 Å². The number of likely N-dealkylation sites (N-methyl/N-ethyl adjacent to an activating group) is 1. The van der Waals surface area contributed by atoms with E-state index in [0.29, 0.717) is 26.3 Å². The van der Waals surface area contributed by atoms with Crippen molar-refractivity contribution in [2.75, 3.05) is 74.2 Å².